The summed E-state index contributed by atoms with van der Waals surface area (Å²) in [7, 11) is 0. The van der Waals surface area contributed by atoms with Crippen molar-refractivity contribution >= 4 is 23.3 Å². The van der Waals surface area contributed by atoms with Crippen LogP contribution in [0.25, 0.3) is 16.7 Å². The zero-order chi connectivity index (χ0) is 17.3. The molecule has 0 aliphatic carbocycles. The van der Waals surface area contributed by atoms with Crippen LogP contribution in [0.15, 0.2) is 41.3 Å². The van der Waals surface area contributed by atoms with E-state index < -0.39 is 0 Å². The number of benzene rings is 1. The zero-order valence-corrected chi connectivity index (χ0v) is 14.9. The number of hydrogen-bond acceptors (Lipinski definition) is 3. The average molecular weight is 343 g/mol. The van der Waals surface area contributed by atoms with E-state index in [-0.39, 0.29) is 11.0 Å². The molecule has 1 aromatic carbocycles. The first-order chi connectivity index (χ1) is 11.3. The second-order valence-electron chi connectivity index (χ2n) is 6.99. The minimum atomic E-state index is -0.142. The molecule has 0 saturated carbocycles. The lowest BCUT2D eigenvalue weighted by molar-refractivity contribution is 0.243. The molecule has 0 fully saturated rings. The lowest BCUT2D eigenvalue weighted by Gasteiger charge is -2.18. The number of rotatable bonds is 4. The largest absolute Gasteiger partial charge is 0.494 e. The molecule has 3 rings (SSSR count). The molecule has 0 spiro atoms. The molecule has 5 nitrogen and oxygen atoms in total. The molecule has 126 valence electrons. The Labute approximate surface area is 145 Å². The molecule has 2 N–H and O–H groups in total. The average Bonchev–Trinajstić information content (AvgIpc) is 2.96. The van der Waals surface area contributed by atoms with E-state index in [4.69, 9.17) is 17.0 Å². The number of fused-ring (bicyclic) bond motifs is 1. The summed E-state index contributed by atoms with van der Waals surface area (Å²) >= 11 is 5.31. The van der Waals surface area contributed by atoms with Gasteiger partial charge in [0.1, 0.15) is 11.4 Å². The molecule has 2 heterocycles. The number of aromatic amines is 2. The summed E-state index contributed by atoms with van der Waals surface area (Å²) < 4.78 is 7.61. The monoisotopic (exact) mass is 343 g/mol. The maximum Gasteiger partial charge on any atom is 0.268 e. The molecule has 0 bridgehead atoms. The normalized spacial score (nSPS) is 11.8. The van der Waals surface area contributed by atoms with Gasteiger partial charge >= 0.3 is 0 Å². The van der Waals surface area contributed by atoms with E-state index in [2.05, 4.69) is 30.7 Å². The number of hydrogen-bond donors (Lipinski definition) is 2. The van der Waals surface area contributed by atoms with Gasteiger partial charge in [-0.25, -0.2) is 0 Å². The van der Waals surface area contributed by atoms with Crippen molar-refractivity contribution in [1.82, 2.24) is 14.5 Å². The Morgan fingerprint density at radius 2 is 1.88 bits per heavy atom. The predicted molar refractivity (Wildman–Crippen MR) is 98.6 cm³/mol. The van der Waals surface area contributed by atoms with Crippen LogP contribution >= 0.6 is 12.2 Å². The predicted octanol–water partition coefficient (Wildman–Crippen LogP) is 4.19. The van der Waals surface area contributed by atoms with Crippen molar-refractivity contribution in [1.29, 1.82) is 0 Å². The van der Waals surface area contributed by atoms with E-state index in [1.807, 2.05) is 24.3 Å². The minimum absolute atomic E-state index is 0.142. The first kappa shape index (κ1) is 16.5. The molecular formula is C18H21N3O2S. The van der Waals surface area contributed by atoms with Crippen molar-refractivity contribution < 1.29 is 4.74 Å². The lowest BCUT2D eigenvalue weighted by Crippen LogP contribution is -2.20. The molecule has 0 unspecified atom stereocenters. The SMILES string of the molecule is CC(C)(C)CCOc1ccc(-n2c(=S)[nH]c3[nH]ccc3c2=O)cc1. The maximum atomic E-state index is 12.6. The quantitative estimate of drug-likeness (QED) is 0.698. The van der Waals surface area contributed by atoms with Gasteiger partial charge in [-0.05, 0) is 54.4 Å². The molecular weight excluding hydrogens is 322 g/mol. The van der Waals surface area contributed by atoms with Gasteiger partial charge < -0.3 is 14.7 Å². The van der Waals surface area contributed by atoms with Gasteiger partial charge in [-0.3, -0.25) is 9.36 Å². The van der Waals surface area contributed by atoms with Crippen LogP contribution in [0.1, 0.15) is 27.2 Å². The number of ether oxygens (including phenoxy) is 1. The van der Waals surface area contributed by atoms with E-state index in [1.54, 1.807) is 12.3 Å². The Morgan fingerprint density at radius 3 is 2.54 bits per heavy atom. The summed E-state index contributed by atoms with van der Waals surface area (Å²) in [4.78, 5) is 18.6. The molecule has 0 aliphatic rings. The van der Waals surface area contributed by atoms with Crippen molar-refractivity contribution in [3.05, 3.63) is 51.7 Å². The number of nitrogens with zero attached hydrogens (tertiary/aromatic N) is 1. The van der Waals surface area contributed by atoms with Gasteiger partial charge in [0.15, 0.2) is 4.77 Å². The van der Waals surface area contributed by atoms with E-state index in [0.29, 0.717) is 28.1 Å². The smallest absolute Gasteiger partial charge is 0.268 e. The van der Waals surface area contributed by atoms with E-state index in [0.717, 1.165) is 12.2 Å². The number of aromatic nitrogens is 3. The van der Waals surface area contributed by atoms with Crippen LogP contribution in [-0.2, 0) is 0 Å². The number of nitrogens with one attached hydrogen (secondary N) is 2. The van der Waals surface area contributed by atoms with Crippen molar-refractivity contribution in [3.8, 4) is 11.4 Å². The first-order valence-corrected chi connectivity index (χ1v) is 8.32. The van der Waals surface area contributed by atoms with Gasteiger partial charge in [0.05, 0.1) is 17.7 Å². The van der Waals surface area contributed by atoms with Gasteiger partial charge in [0.2, 0.25) is 0 Å². The van der Waals surface area contributed by atoms with Gasteiger partial charge in [-0.2, -0.15) is 0 Å². The topological polar surface area (TPSA) is 62.8 Å². The highest BCUT2D eigenvalue weighted by Crippen LogP contribution is 2.20. The molecule has 2 aromatic heterocycles. The molecule has 6 heteroatoms. The fraction of sp³-hybridized carbons (Fsp3) is 0.333. The second kappa shape index (κ2) is 6.28. The van der Waals surface area contributed by atoms with Crippen molar-refractivity contribution in [2.24, 2.45) is 5.41 Å². The third-order valence-corrected chi connectivity index (χ3v) is 4.12. The fourth-order valence-electron chi connectivity index (χ4n) is 2.43. The number of H-pyrrole nitrogens is 2. The Bertz CT molecular complexity index is 959. The third-order valence-electron chi connectivity index (χ3n) is 3.83. The van der Waals surface area contributed by atoms with E-state index in [9.17, 15) is 4.79 Å². The van der Waals surface area contributed by atoms with E-state index in [1.165, 1.54) is 4.57 Å². The van der Waals surface area contributed by atoms with Crippen molar-refractivity contribution in [3.63, 3.8) is 0 Å². The Hall–Kier alpha value is -2.34. The summed E-state index contributed by atoms with van der Waals surface area (Å²) in [5.41, 5.74) is 1.46. The molecule has 24 heavy (non-hydrogen) atoms. The standard InChI is InChI=1S/C18H21N3O2S/c1-18(2,3)9-11-23-13-6-4-12(5-7-13)21-16(22)14-8-10-19-15(14)20-17(21)24/h4-8,10,19H,9,11H2,1-3H3,(H,20,24). The van der Waals surface area contributed by atoms with Crippen LogP contribution in [0, 0.1) is 10.2 Å². The van der Waals surface area contributed by atoms with Crippen LogP contribution < -0.4 is 10.3 Å². The van der Waals surface area contributed by atoms with Crippen LogP contribution in [-0.4, -0.2) is 21.1 Å². The highest BCUT2D eigenvalue weighted by Gasteiger charge is 2.11. The van der Waals surface area contributed by atoms with Gasteiger partial charge in [-0.1, -0.05) is 20.8 Å². The van der Waals surface area contributed by atoms with Crippen molar-refractivity contribution in [2.45, 2.75) is 27.2 Å². The van der Waals surface area contributed by atoms with Crippen LogP contribution in [0.4, 0.5) is 0 Å². The second-order valence-corrected chi connectivity index (χ2v) is 7.38. The van der Waals surface area contributed by atoms with Crippen LogP contribution in [0.5, 0.6) is 5.75 Å². The highest BCUT2D eigenvalue weighted by molar-refractivity contribution is 7.71. The Balaban J connectivity index is 1.86. The van der Waals surface area contributed by atoms with Gasteiger partial charge in [0.25, 0.3) is 5.56 Å². The van der Waals surface area contributed by atoms with Crippen molar-refractivity contribution in [2.75, 3.05) is 6.61 Å². The zero-order valence-electron chi connectivity index (χ0n) is 14.1. The Morgan fingerprint density at radius 1 is 1.17 bits per heavy atom. The van der Waals surface area contributed by atoms with Gasteiger partial charge in [0, 0.05) is 6.20 Å². The molecule has 3 aromatic rings. The molecule has 0 amide bonds. The molecule has 0 radical (unpaired) electrons. The molecule has 0 saturated heterocycles. The van der Waals surface area contributed by atoms with Crippen LogP contribution in [0.3, 0.4) is 0 Å². The minimum Gasteiger partial charge on any atom is -0.494 e. The fourth-order valence-corrected chi connectivity index (χ4v) is 2.72. The summed E-state index contributed by atoms with van der Waals surface area (Å²) in [6, 6.07) is 9.15. The molecule has 0 aliphatic heterocycles. The molecule has 0 atom stereocenters. The maximum absolute atomic E-state index is 12.6. The third kappa shape index (κ3) is 3.43. The highest BCUT2D eigenvalue weighted by atomic mass is 32.1. The lowest BCUT2D eigenvalue weighted by atomic mass is 9.93. The van der Waals surface area contributed by atoms with Crippen LogP contribution in [0.2, 0.25) is 0 Å². The van der Waals surface area contributed by atoms with E-state index >= 15 is 0 Å². The summed E-state index contributed by atoms with van der Waals surface area (Å²) in [6.45, 7) is 7.22. The summed E-state index contributed by atoms with van der Waals surface area (Å²) in [5, 5.41) is 0.578. The summed E-state index contributed by atoms with van der Waals surface area (Å²) in [5.74, 6) is 0.786. The van der Waals surface area contributed by atoms with Gasteiger partial charge in [-0.15, -0.1) is 0 Å². The first-order valence-electron chi connectivity index (χ1n) is 7.91. The summed E-state index contributed by atoms with van der Waals surface area (Å²) in [6.07, 6.45) is 2.69. The Kier molecular flexibility index (Phi) is 4.32.